The van der Waals surface area contributed by atoms with Gasteiger partial charge in [0.1, 0.15) is 0 Å². The number of likely N-dealkylation sites (N-methyl/N-ethyl adjacent to an activating group) is 1. The molecule has 0 saturated heterocycles. The van der Waals surface area contributed by atoms with E-state index in [0.717, 1.165) is 11.1 Å². The molecule has 0 aliphatic rings. The summed E-state index contributed by atoms with van der Waals surface area (Å²) in [6.45, 7) is 5.48. The number of carbonyl (C=O) groups excluding carboxylic acids is 1. The number of hydrogen-bond donors (Lipinski definition) is 1. The summed E-state index contributed by atoms with van der Waals surface area (Å²) in [6.07, 6.45) is 0. The minimum Gasteiger partial charge on any atom is -0.394 e. The Labute approximate surface area is 96.7 Å². The van der Waals surface area contributed by atoms with Gasteiger partial charge in [0, 0.05) is 14.0 Å². The predicted octanol–water partition coefficient (Wildman–Crippen LogP) is 1.82. The van der Waals surface area contributed by atoms with Crippen LogP contribution in [0.1, 0.15) is 29.7 Å². The molecule has 3 nitrogen and oxygen atoms in total. The first kappa shape index (κ1) is 12.7. The normalized spacial score (nSPS) is 12.3. The number of carbonyl (C=O) groups is 1. The molecule has 1 aromatic rings. The summed E-state index contributed by atoms with van der Waals surface area (Å²) < 4.78 is 0. The molecule has 0 heterocycles. The van der Waals surface area contributed by atoms with Gasteiger partial charge in [-0.05, 0) is 25.0 Å². The Morgan fingerprint density at radius 1 is 1.44 bits per heavy atom. The molecule has 1 N–H and O–H groups in total. The first-order chi connectivity index (χ1) is 7.47. The second-order valence-corrected chi connectivity index (χ2v) is 4.19. The summed E-state index contributed by atoms with van der Waals surface area (Å²) >= 11 is 0. The SMILES string of the molecule is CC(=O)N(C)C(CO)c1ccc(C)cc1C. The lowest BCUT2D eigenvalue weighted by Crippen LogP contribution is -2.31. The molecule has 88 valence electrons. The van der Waals surface area contributed by atoms with Crippen molar-refractivity contribution in [1.29, 1.82) is 0 Å². The van der Waals surface area contributed by atoms with E-state index in [9.17, 15) is 9.90 Å². The molecule has 1 aromatic carbocycles. The third-order valence-corrected chi connectivity index (χ3v) is 2.92. The molecule has 0 saturated carbocycles. The molecule has 0 aliphatic carbocycles. The highest BCUT2D eigenvalue weighted by atomic mass is 16.3. The van der Waals surface area contributed by atoms with Gasteiger partial charge in [0.25, 0.3) is 0 Å². The van der Waals surface area contributed by atoms with Crippen LogP contribution in [0.15, 0.2) is 18.2 Å². The molecular weight excluding hydrogens is 202 g/mol. The lowest BCUT2D eigenvalue weighted by Gasteiger charge is -2.27. The number of rotatable bonds is 3. The molecule has 1 rings (SSSR count). The van der Waals surface area contributed by atoms with E-state index in [1.807, 2.05) is 26.0 Å². The van der Waals surface area contributed by atoms with Crippen LogP contribution in [0, 0.1) is 13.8 Å². The second-order valence-electron chi connectivity index (χ2n) is 4.19. The highest BCUT2D eigenvalue weighted by Gasteiger charge is 2.19. The molecule has 1 unspecified atom stereocenters. The van der Waals surface area contributed by atoms with Gasteiger partial charge < -0.3 is 10.0 Å². The minimum atomic E-state index is -0.252. The van der Waals surface area contributed by atoms with Crippen molar-refractivity contribution in [2.24, 2.45) is 0 Å². The molecule has 0 spiro atoms. The Morgan fingerprint density at radius 2 is 2.06 bits per heavy atom. The van der Waals surface area contributed by atoms with Crippen LogP contribution in [0.2, 0.25) is 0 Å². The van der Waals surface area contributed by atoms with E-state index < -0.39 is 0 Å². The van der Waals surface area contributed by atoms with Gasteiger partial charge in [-0.2, -0.15) is 0 Å². The second kappa shape index (κ2) is 5.12. The van der Waals surface area contributed by atoms with Crippen LogP contribution in [0.5, 0.6) is 0 Å². The Bertz CT molecular complexity index is 388. The molecular formula is C13H19NO2. The van der Waals surface area contributed by atoms with Gasteiger partial charge in [-0.15, -0.1) is 0 Å². The van der Waals surface area contributed by atoms with Crippen molar-refractivity contribution in [2.45, 2.75) is 26.8 Å². The van der Waals surface area contributed by atoms with Gasteiger partial charge in [-0.1, -0.05) is 23.8 Å². The number of aliphatic hydroxyl groups is 1. The Kier molecular flexibility index (Phi) is 4.07. The summed E-state index contributed by atoms with van der Waals surface area (Å²) in [6, 6.07) is 5.79. The highest BCUT2D eigenvalue weighted by molar-refractivity contribution is 5.73. The van der Waals surface area contributed by atoms with Crippen molar-refractivity contribution in [3.8, 4) is 0 Å². The Morgan fingerprint density at radius 3 is 2.50 bits per heavy atom. The largest absolute Gasteiger partial charge is 0.394 e. The van der Waals surface area contributed by atoms with Crippen molar-refractivity contribution < 1.29 is 9.90 Å². The maximum atomic E-state index is 11.3. The summed E-state index contributed by atoms with van der Waals surface area (Å²) in [5, 5.41) is 9.40. The average Bonchev–Trinajstić information content (AvgIpc) is 2.21. The topological polar surface area (TPSA) is 40.5 Å². The monoisotopic (exact) mass is 221 g/mol. The smallest absolute Gasteiger partial charge is 0.219 e. The zero-order valence-electron chi connectivity index (χ0n) is 10.3. The number of aryl methyl sites for hydroxylation is 2. The van der Waals surface area contributed by atoms with Crippen molar-refractivity contribution in [1.82, 2.24) is 4.90 Å². The Balaban J connectivity index is 3.08. The zero-order chi connectivity index (χ0) is 12.3. The van der Waals surface area contributed by atoms with Gasteiger partial charge in [-0.3, -0.25) is 4.79 Å². The third-order valence-electron chi connectivity index (χ3n) is 2.92. The fourth-order valence-electron chi connectivity index (χ4n) is 1.85. The first-order valence-corrected chi connectivity index (χ1v) is 5.38. The Hall–Kier alpha value is -1.35. The van der Waals surface area contributed by atoms with E-state index in [0.29, 0.717) is 0 Å². The predicted molar refractivity (Wildman–Crippen MR) is 64.2 cm³/mol. The third kappa shape index (κ3) is 2.61. The fourth-order valence-corrected chi connectivity index (χ4v) is 1.85. The van der Waals surface area contributed by atoms with Gasteiger partial charge in [0.2, 0.25) is 5.91 Å². The van der Waals surface area contributed by atoms with Crippen LogP contribution in [-0.2, 0) is 4.79 Å². The molecule has 0 bridgehead atoms. The van der Waals surface area contributed by atoms with Gasteiger partial charge >= 0.3 is 0 Å². The standard InChI is InChI=1S/C13H19NO2/c1-9-5-6-12(10(2)7-9)13(8-15)14(4)11(3)16/h5-7,13,15H,8H2,1-4H3. The lowest BCUT2D eigenvalue weighted by molar-refractivity contribution is -0.130. The lowest BCUT2D eigenvalue weighted by atomic mass is 9.99. The van der Waals surface area contributed by atoms with E-state index in [1.165, 1.54) is 12.5 Å². The molecule has 1 atom stereocenters. The van der Waals surface area contributed by atoms with Crippen molar-refractivity contribution in [3.05, 3.63) is 34.9 Å². The van der Waals surface area contributed by atoms with Crippen LogP contribution in [0.4, 0.5) is 0 Å². The minimum absolute atomic E-state index is 0.0426. The maximum Gasteiger partial charge on any atom is 0.219 e. The van der Waals surface area contributed by atoms with Crippen LogP contribution < -0.4 is 0 Å². The van der Waals surface area contributed by atoms with Crippen molar-refractivity contribution >= 4 is 5.91 Å². The van der Waals surface area contributed by atoms with Crippen LogP contribution >= 0.6 is 0 Å². The highest BCUT2D eigenvalue weighted by Crippen LogP contribution is 2.23. The van der Waals surface area contributed by atoms with E-state index in [1.54, 1.807) is 11.9 Å². The molecule has 0 fully saturated rings. The molecule has 1 amide bonds. The van der Waals surface area contributed by atoms with Crippen LogP contribution in [0.3, 0.4) is 0 Å². The van der Waals surface area contributed by atoms with E-state index >= 15 is 0 Å². The average molecular weight is 221 g/mol. The quantitative estimate of drug-likeness (QED) is 0.845. The fraction of sp³-hybridized carbons (Fsp3) is 0.462. The molecule has 0 aliphatic heterocycles. The van der Waals surface area contributed by atoms with Crippen molar-refractivity contribution in [3.63, 3.8) is 0 Å². The molecule has 0 radical (unpaired) electrons. The van der Waals surface area contributed by atoms with Gasteiger partial charge in [0.15, 0.2) is 0 Å². The van der Waals surface area contributed by atoms with E-state index in [-0.39, 0.29) is 18.6 Å². The van der Waals surface area contributed by atoms with Gasteiger partial charge in [-0.25, -0.2) is 0 Å². The van der Waals surface area contributed by atoms with Gasteiger partial charge in [0.05, 0.1) is 12.6 Å². The zero-order valence-corrected chi connectivity index (χ0v) is 10.3. The number of hydrogen-bond acceptors (Lipinski definition) is 2. The van der Waals surface area contributed by atoms with Crippen molar-refractivity contribution in [2.75, 3.05) is 13.7 Å². The first-order valence-electron chi connectivity index (χ1n) is 5.38. The van der Waals surface area contributed by atoms with Crippen LogP contribution in [0.25, 0.3) is 0 Å². The van der Waals surface area contributed by atoms with E-state index in [4.69, 9.17) is 0 Å². The number of aliphatic hydroxyl groups excluding tert-OH is 1. The summed E-state index contributed by atoms with van der Waals surface area (Å²) in [5.41, 5.74) is 3.29. The maximum absolute atomic E-state index is 11.3. The molecule has 16 heavy (non-hydrogen) atoms. The van der Waals surface area contributed by atoms with Crippen LogP contribution in [-0.4, -0.2) is 29.6 Å². The molecule has 3 heteroatoms. The number of nitrogens with zero attached hydrogens (tertiary/aromatic N) is 1. The summed E-state index contributed by atoms with van der Waals surface area (Å²) in [4.78, 5) is 12.9. The number of amides is 1. The summed E-state index contributed by atoms with van der Waals surface area (Å²) in [7, 11) is 1.71. The summed E-state index contributed by atoms with van der Waals surface area (Å²) in [5.74, 6) is -0.0426. The number of benzene rings is 1. The van der Waals surface area contributed by atoms with E-state index in [2.05, 4.69) is 6.07 Å². The molecule has 0 aromatic heterocycles.